The van der Waals surface area contributed by atoms with Crippen LogP contribution < -0.4 is 0 Å². The van der Waals surface area contributed by atoms with E-state index < -0.39 is 0 Å². The molecule has 0 saturated heterocycles. The molecule has 0 bridgehead atoms. The van der Waals surface area contributed by atoms with E-state index in [-0.39, 0.29) is 0 Å². The van der Waals surface area contributed by atoms with Gasteiger partial charge in [-0.1, -0.05) is 80.4 Å². The number of benzene rings is 2. The highest BCUT2D eigenvalue weighted by Crippen LogP contribution is 2.27. The molecular weight excluding hydrogens is 300 g/mol. The van der Waals surface area contributed by atoms with Gasteiger partial charge >= 0.3 is 0 Å². The first kappa shape index (κ1) is 16.1. The normalized spacial score (nSPS) is 11.2. The molecule has 0 spiro atoms. The molecule has 2 nitrogen and oxygen atoms in total. The Morgan fingerprint density at radius 1 is 0.913 bits per heavy atom. The van der Waals surface area contributed by atoms with E-state index in [9.17, 15) is 0 Å². The monoisotopic (exact) mass is 324 g/mol. The van der Waals surface area contributed by atoms with Crippen molar-refractivity contribution in [2.24, 2.45) is 0 Å². The Balaban J connectivity index is 1.77. The van der Waals surface area contributed by atoms with Gasteiger partial charge in [-0.15, -0.1) is 0 Å². The lowest BCUT2D eigenvalue weighted by Gasteiger charge is -2.09. The molecule has 0 aliphatic carbocycles. The second kappa shape index (κ2) is 8.21. The smallest absolute Gasteiger partial charge is 0.169 e. The minimum absolute atomic E-state index is 0.971. The zero-order valence-electron chi connectivity index (χ0n) is 13.7. The van der Waals surface area contributed by atoms with E-state index in [2.05, 4.69) is 66.1 Å². The molecule has 0 aliphatic heterocycles. The van der Waals surface area contributed by atoms with Crippen molar-refractivity contribution in [1.29, 1.82) is 0 Å². The van der Waals surface area contributed by atoms with Crippen LogP contribution >= 0.6 is 11.8 Å². The molecule has 0 amide bonds. The van der Waals surface area contributed by atoms with Crippen LogP contribution in [0.4, 0.5) is 0 Å². The Morgan fingerprint density at radius 2 is 1.70 bits per heavy atom. The molecule has 0 fully saturated rings. The topological polar surface area (TPSA) is 17.8 Å². The standard InChI is InChI=1S/C20H24N2S/c1-2-3-4-10-15-22-19-14-9-8-13-18(19)21-20(22)23-16-17-11-6-5-7-12-17/h5-9,11-14H,2-4,10,15-16H2,1H3. The Bertz CT molecular complexity index is 734. The van der Waals surface area contributed by atoms with Crippen LogP contribution in [0.5, 0.6) is 0 Å². The van der Waals surface area contributed by atoms with Gasteiger partial charge < -0.3 is 4.57 Å². The number of aromatic nitrogens is 2. The molecule has 120 valence electrons. The van der Waals surface area contributed by atoms with Crippen LogP contribution in [0.1, 0.15) is 38.2 Å². The number of hydrogen-bond donors (Lipinski definition) is 0. The highest BCUT2D eigenvalue weighted by Gasteiger charge is 2.10. The maximum atomic E-state index is 4.85. The van der Waals surface area contributed by atoms with Gasteiger partial charge in [-0.05, 0) is 24.1 Å². The first-order valence-electron chi connectivity index (χ1n) is 8.50. The average Bonchev–Trinajstić information content (AvgIpc) is 2.95. The van der Waals surface area contributed by atoms with E-state index in [4.69, 9.17) is 4.98 Å². The number of rotatable bonds is 8. The highest BCUT2D eigenvalue weighted by atomic mass is 32.2. The number of fused-ring (bicyclic) bond motifs is 1. The van der Waals surface area contributed by atoms with E-state index in [1.807, 2.05) is 11.8 Å². The van der Waals surface area contributed by atoms with Crippen LogP contribution in [-0.4, -0.2) is 9.55 Å². The van der Waals surface area contributed by atoms with Crippen LogP contribution in [0.15, 0.2) is 59.8 Å². The first-order chi connectivity index (χ1) is 11.4. The number of aryl methyl sites for hydroxylation is 1. The van der Waals surface area contributed by atoms with Crippen molar-refractivity contribution in [1.82, 2.24) is 9.55 Å². The molecule has 3 aromatic rings. The van der Waals surface area contributed by atoms with Gasteiger partial charge in [0.15, 0.2) is 5.16 Å². The maximum absolute atomic E-state index is 4.85. The fourth-order valence-corrected chi connectivity index (χ4v) is 3.80. The second-order valence-corrected chi connectivity index (χ2v) is 6.81. The van der Waals surface area contributed by atoms with E-state index in [0.717, 1.165) is 23.0 Å². The molecule has 0 atom stereocenters. The van der Waals surface area contributed by atoms with Crippen LogP contribution in [-0.2, 0) is 12.3 Å². The Labute approximate surface area is 142 Å². The Kier molecular flexibility index (Phi) is 5.76. The fourth-order valence-electron chi connectivity index (χ4n) is 2.80. The summed E-state index contributed by atoms with van der Waals surface area (Å²) in [5, 5.41) is 1.14. The van der Waals surface area contributed by atoms with Gasteiger partial charge in [-0.2, -0.15) is 0 Å². The van der Waals surface area contributed by atoms with Crippen molar-refractivity contribution in [3.8, 4) is 0 Å². The van der Waals surface area contributed by atoms with Gasteiger partial charge in [-0.3, -0.25) is 0 Å². The summed E-state index contributed by atoms with van der Waals surface area (Å²) in [4.78, 5) is 4.85. The molecule has 2 aromatic carbocycles. The largest absolute Gasteiger partial charge is 0.319 e. The number of thioether (sulfide) groups is 1. The van der Waals surface area contributed by atoms with Crippen LogP contribution in [0.25, 0.3) is 11.0 Å². The lowest BCUT2D eigenvalue weighted by Crippen LogP contribution is -2.00. The summed E-state index contributed by atoms with van der Waals surface area (Å²) >= 11 is 1.84. The molecule has 3 rings (SSSR count). The third kappa shape index (κ3) is 4.17. The van der Waals surface area contributed by atoms with Gasteiger partial charge in [0.2, 0.25) is 0 Å². The zero-order chi connectivity index (χ0) is 15.9. The van der Waals surface area contributed by atoms with Crippen LogP contribution in [0.2, 0.25) is 0 Å². The SMILES string of the molecule is CCCCCCn1c(SCc2ccccc2)nc2ccccc21. The molecule has 0 radical (unpaired) electrons. The number of nitrogens with zero attached hydrogens (tertiary/aromatic N) is 2. The number of para-hydroxylation sites is 2. The maximum Gasteiger partial charge on any atom is 0.169 e. The van der Waals surface area contributed by atoms with E-state index in [1.165, 1.54) is 36.8 Å². The highest BCUT2D eigenvalue weighted by molar-refractivity contribution is 7.98. The van der Waals surface area contributed by atoms with Crippen LogP contribution in [0.3, 0.4) is 0 Å². The predicted octanol–water partition coefficient (Wildman–Crippen LogP) is 5.91. The van der Waals surface area contributed by atoms with E-state index in [0.29, 0.717) is 0 Å². The molecule has 1 aromatic heterocycles. The molecule has 0 N–H and O–H groups in total. The zero-order valence-corrected chi connectivity index (χ0v) is 14.6. The molecular formula is C20H24N2S. The van der Waals surface area contributed by atoms with Gasteiger partial charge in [0.1, 0.15) is 0 Å². The fraction of sp³-hybridized carbons (Fsp3) is 0.350. The number of imidazole rings is 1. The minimum atomic E-state index is 0.971. The summed E-state index contributed by atoms with van der Waals surface area (Å²) in [5.41, 5.74) is 3.72. The summed E-state index contributed by atoms with van der Waals surface area (Å²) in [6.45, 7) is 3.32. The minimum Gasteiger partial charge on any atom is -0.319 e. The molecule has 3 heteroatoms. The Morgan fingerprint density at radius 3 is 2.52 bits per heavy atom. The van der Waals surface area contributed by atoms with Crippen molar-refractivity contribution in [3.63, 3.8) is 0 Å². The molecule has 0 unspecified atom stereocenters. The van der Waals surface area contributed by atoms with Crippen molar-refractivity contribution < 1.29 is 0 Å². The van der Waals surface area contributed by atoms with Gasteiger partial charge in [-0.25, -0.2) is 4.98 Å². The summed E-state index contributed by atoms with van der Waals surface area (Å²) in [5.74, 6) is 0.971. The number of hydrogen-bond acceptors (Lipinski definition) is 2. The predicted molar refractivity (Wildman–Crippen MR) is 99.9 cm³/mol. The van der Waals surface area contributed by atoms with Gasteiger partial charge in [0, 0.05) is 12.3 Å². The number of unbranched alkanes of at least 4 members (excludes halogenated alkanes) is 3. The quantitative estimate of drug-likeness (QED) is 0.379. The third-order valence-corrected chi connectivity index (χ3v) is 5.11. The summed E-state index contributed by atoms with van der Waals surface area (Å²) in [6, 6.07) is 19.1. The van der Waals surface area contributed by atoms with Gasteiger partial charge in [0.25, 0.3) is 0 Å². The van der Waals surface area contributed by atoms with Crippen molar-refractivity contribution in [2.45, 2.75) is 50.1 Å². The molecule has 23 heavy (non-hydrogen) atoms. The third-order valence-electron chi connectivity index (χ3n) is 4.07. The summed E-state index contributed by atoms with van der Waals surface area (Å²) < 4.78 is 2.40. The van der Waals surface area contributed by atoms with Crippen molar-refractivity contribution >= 4 is 22.8 Å². The van der Waals surface area contributed by atoms with Gasteiger partial charge in [0.05, 0.1) is 11.0 Å². The lowest BCUT2D eigenvalue weighted by atomic mass is 10.2. The van der Waals surface area contributed by atoms with Crippen molar-refractivity contribution in [2.75, 3.05) is 0 Å². The summed E-state index contributed by atoms with van der Waals surface area (Å²) in [6.07, 6.45) is 5.12. The average molecular weight is 324 g/mol. The summed E-state index contributed by atoms with van der Waals surface area (Å²) in [7, 11) is 0. The van der Waals surface area contributed by atoms with E-state index in [1.54, 1.807) is 0 Å². The second-order valence-electron chi connectivity index (χ2n) is 5.87. The van der Waals surface area contributed by atoms with E-state index >= 15 is 0 Å². The first-order valence-corrected chi connectivity index (χ1v) is 9.49. The lowest BCUT2D eigenvalue weighted by molar-refractivity contribution is 0.563. The van der Waals surface area contributed by atoms with Crippen LogP contribution in [0, 0.1) is 0 Å². The van der Waals surface area contributed by atoms with Crippen molar-refractivity contribution in [3.05, 3.63) is 60.2 Å². The molecule has 1 heterocycles. The Hall–Kier alpha value is -1.74. The molecule has 0 aliphatic rings. The molecule has 0 saturated carbocycles.